The van der Waals surface area contributed by atoms with Crippen molar-refractivity contribution >= 4 is 23.7 Å². The number of likely N-dealkylation sites (tertiary alicyclic amines) is 1. The van der Waals surface area contributed by atoms with Crippen molar-refractivity contribution in [3.63, 3.8) is 0 Å². The number of carbonyl (C=O) groups excluding carboxylic acids is 2. The van der Waals surface area contributed by atoms with Crippen LogP contribution in [-0.4, -0.2) is 71.3 Å². The Balaban J connectivity index is 1.30. The summed E-state index contributed by atoms with van der Waals surface area (Å²) in [6.45, 7) is 4.50. The monoisotopic (exact) mass is 405 g/mol. The number of piperidine rings is 1. The van der Waals surface area contributed by atoms with Crippen molar-refractivity contribution < 1.29 is 19.1 Å². The molecule has 152 valence electrons. The largest absolute Gasteiger partial charge is 0.490 e. The van der Waals surface area contributed by atoms with Gasteiger partial charge in [-0.15, -0.1) is 0 Å². The third kappa shape index (κ3) is 3.80. The maximum absolute atomic E-state index is 12.8. The van der Waals surface area contributed by atoms with Crippen LogP contribution >= 0.6 is 11.8 Å². The number of hydrogen-bond donors (Lipinski definition) is 1. The Bertz CT molecular complexity index is 730. The Morgan fingerprint density at radius 2 is 1.96 bits per heavy atom. The van der Waals surface area contributed by atoms with Gasteiger partial charge in [0.15, 0.2) is 11.5 Å². The van der Waals surface area contributed by atoms with Crippen LogP contribution in [0.15, 0.2) is 24.3 Å². The zero-order chi connectivity index (χ0) is 19.6. The number of para-hydroxylation sites is 2. The van der Waals surface area contributed by atoms with Gasteiger partial charge in [-0.2, -0.15) is 11.8 Å². The third-order valence-corrected chi connectivity index (χ3v) is 6.78. The summed E-state index contributed by atoms with van der Waals surface area (Å²) in [5.74, 6) is 3.09. The van der Waals surface area contributed by atoms with Gasteiger partial charge in [-0.25, -0.2) is 9.69 Å². The fourth-order valence-electron chi connectivity index (χ4n) is 4.01. The summed E-state index contributed by atoms with van der Waals surface area (Å²) in [6, 6.07) is 7.49. The molecule has 28 heavy (non-hydrogen) atoms. The second-order valence-corrected chi connectivity index (χ2v) is 8.61. The Hall–Kier alpha value is -1.93. The molecule has 7 nitrogen and oxygen atoms in total. The maximum atomic E-state index is 12.8. The van der Waals surface area contributed by atoms with Gasteiger partial charge in [0, 0.05) is 18.8 Å². The number of carbonyl (C=O) groups is 2. The smallest absolute Gasteiger partial charge is 0.326 e. The maximum Gasteiger partial charge on any atom is 0.326 e. The summed E-state index contributed by atoms with van der Waals surface area (Å²) >= 11 is 1.73. The van der Waals surface area contributed by atoms with E-state index >= 15 is 0 Å². The topological polar surface area (TPSA) is 71.1 Å². The molecule has 0 aliphatic carbocycles. The molecule has 3 fully saturated rings. The minimum Gasteiger partial charge on any atom is -0.490 e. The average Bonchev–Trinajstić information content (AvgIpc) is 3.26. The van der Waals surface area contributed by atoms with Gasteiger partial charge in [-0.05, 0) is 44.1 Å². The zero-order valence-corrected chi connectivity index (χ0v) is 17.0. The van der Waals surface area contributed by atoms with Gasteiger partial charge < -0.3 is 14.8 Å². The molecule has 3 saturated heterocycles. The SMILES string of the molecule is CCOc1ccccc1OC1CCN(CN2C(=O)NC3(CCSC3)C2=O)CC1. The van der Waals surface area contributed by atoms with E-state index in [-0.39, 0.29) is 18.0 Å². The third-order valence-electron chi connectivity index (χ3n) is 5.59. The summed E-state index contributed by atoms with van der Waals surface area (Å²) in [4.78, 5) is 28.7. The fraction of sp³-hybridized carbons (Fsp3) is 0.600. The van der Waals surface area contributed by atoms with Gasteiger partial charge in [0.2, 0.25) is 0 Å². The van der Waals surface area contributed by atoms with E-state index in [9.17, 15) is 9.59 Å². The molecule has 0 bridgehead atoms. The molecule has 0 saturated carbocycles. The number of ether oxygens (including phenoxy) is 2. The highest BCUT2D eigenvalue weighted by Crippen LogP contribution is 2.34. The van der Waals surface area contributed by atoms with Crippen LogP contribution < -0.4 is 14.8 Å². The predicted octanol–water partition coefficient (Wildman–Crippen LogP) is 2.31. The first kappa shape index (κ1) is 19.4. The van der Waals surface area contributed by atoms with Crippen molar-refractivity contribution in [2.24, 2.45) is 0 Å². The van der Waals surface area contributed by atoms with Gasteiger partial charge in [0.25, 0.3) is 5.91 Å². The number of thioether (sulfide) groups is 1. The van der Waals surface area contributed by atoms with Crippen LogP contribution in [0, 0.1) is 0 Å². The van der Waals surface area contributed by atoms with Crippen LogP contribution in [0.3, 0.4) is 0 Å². The molecule has 4 rings (SSSR count). The first-order valence-corrected chi connectivity index (χ1v) is 11.1. The number of rotatable bonds is 6. The van der Waals surface area contributed by atoms with E-state index in [0.29, 0.717) is 19.0 Å². The molecule has 8 heteroatoms. The van der Waals surface area contributed by atoms with Crippen molar-refractivity contribution in [1.82, 2.24) is 15.1 Å². The first-order chi connectivity index (χ1) is 13.6. The van der Waals surface area contributed by atoms with E-state index in [1.54, 1.807) is 11.8 Å². The van der Waals surface area contributed by atoms with Gasteiger partial charge >= 0.3 is 6.03 Å². The lowest BCUT2D eigenvalue weighted by Crippen LogP contribution is -2.49. The number of nitrogens with one attached hydrogen (secondary N) is 1. The minimum absolute atomic E-state index is 0.0634. The van der Waals surface area contributed by atoms with Crippen LogP contribution in [-0.2, 0) is 4.79 Å². The van der Waals surface area contributed by atoms with Crippen LogP contribution in [0.25, 0.3) is 0 Å². The molecule has 3 amide bonds. The van der Waals surface area contributed by atoms with Crippen LogP contribution in [0.4, 0.5) is 4.79 Å². The summed E-state index contributed by atoms with van der Waals surface area (Å²) < 4.78 is 11.8. The minimum atomic E-state index is -0.661. The summed E-state index contributed by atoms with van der Waals surface area (Å²) in [5, 5.41) is 2.93. The lowest BCUT2D eigenvalue weighted by atomic mass is 9.99. The Morgan fingerprint density at radius 3 is 2.64 bits per heavy atom. The fourth-order valence-corrected chi connectivity index (χ4v) is 5.33. The van der Waals surface area contributed by atoms with E-state index in [2.05, 4.69) is 10.2 Å². The van der Waals surface area contributed by atoms with E-state index in [1.165, 1.54) is 4.90 Å². The highest BCUT2D eigenvalue weighted by molar-refractivity contribution is 7.99. The van der Waals surface area contributed by atoms with E-state index < -0.39 is 5.54 Å². The van der Waals surface area contributed by atoms with E-state index in [1.807, 2.05) is 31.2 Å². The number of imide groups is 1. The second-order valence-electron chi connectivity index (χ2n) is 7.50. The van der Waals surface area contributed by atoms with Crippen molar-refractivity contribution in [1.29, 1.82) is 0 Å². The van der Waals surface area contributed by atoms with Crippen LogP contribution in [0.1, 0.15) is 26.2 Å². The highest BCUT2D eigenvalue weighted by atomic mass is 32.2. The average molecular weight is 406 g/mol. The standard InChI is InChI=1S/C20H27N3O4S/c1-2-26-16-5-3-4-6-17(16)27-15-7-10-22(11-8-15)14-23-18(24)20(21-19(23)25)9-12-28-13-20/h3-6,15H,2,7-14H2,1H3,(H,21,25). The molecule has 1 spiro atoms. The van der Waals surface area contributed by atoms with Gasteiger partial charge in [-0.3, -0.25) is 9.69 Å². The number of hydrogen-bond acceptors (Lipinski definition) is 6. The Morgan fingerprint density at radius 1 is 1.21 bits per heavy atom. The molecular weight excluding hydrogens is 378 g/mol. The molecule has 1 aromatic rings. The van der Waals surface area contributed by atoms with Crippen molar-refractivity contribution in [2.75, 3.05) is 37.9 Å². The quantitative estimate of drug-likeness (QED) is 0.733. The molecule has 3 aliphatic heterocycles. The number of benzene rings is 1. The number of amides is 3. The number of nitrogens with zero attached hydrogens (tertiary/aromatic N) is 2. The Labute approximate surface area is 169 Å². The summed E-state index contributed by atoms with van der Waals surface area (Å²) in [7, 11) is 0. The molecule has 0 aromatic heterocycles. The Kier molecular flexibility index (Phi) is 5.68. The van der Waals surface area contributed by atoms with Crippen molar-refractivity contribution in [2.45, 2.75) is 37.8 Å². The molecule has 0 radical (unpaired) electrons. The second kappa shape index (κ2) is 8.21. The van der Waals surface area contributed by atoms with Crippen molar-refractivity contribution in [3.8, 4) is 11.5 Å². The molecule has 1 unspecified atom stereocenters. The van der Waals surface area contributed by atoms with Crippen molar-refractivity contribution in [3.05, 3.63) is 24.3 Å². The van der Waals surface area contributed by atoms with Gasteiger partial charge in [0.05, 0.1) is 13.3 Å². The zero-order valence-electron chi connectivity index (χ0n) is 16.2. The lowest BCUT2D eigenvalue weighted by molar-refractivity contribution is -0.132. The van der Waals surface area contributed by atoms with E-state index in [0.717, 1.165) is 49.6 Å². The molecule has 1 atom stereocenters. The highest BCUT2D eigenvalue weighted by Gasteiger charge is 2.53. The van der Waals surface area contributed by atoms with Crippen LogP contribution in [0.5, 0.6) is 11.5 Å². The molecule has 1 aromatic carbocycles. The molecule has 1 N–H and O–H groups in total. The first-order valence-electron chi connectivity index (χ1n) is 9.94. The molecule has 3 aliphatic rings. The van der Waals surface area contributed by atoms with Crippen LogP contribution in [0.2, 0.25) is 0 Å². The van der Waals surface area contributed by atoms with Gasteiger partial charge in [-0.1, -0.05) is 12.1 Å². The van der Waals surface area contributed by atoms with E-state index in [4.69, 9.17) is 9.47 Å². The molecular formula is C20H27N3O4S. The van der Waals surface area contributed by atoms with Gasteiger partial charge in [0.1, 0.15) is 11.6 Å². The predicted molar refractivity (Wildman–Crippen MR) is 108 cm³/mol. The molecule has 3 heterocycles. The summed E-state index contributed by atoms with van der Waals surface area (Å²) in [6.07, 6.45) is 2.54. The number of urea groups is 1. The normalized spacial score (nSPS) is 26.1. The lowest BCUT2D eigenvalue weighted by Gasteiger charge is -2.34. The summed E-state index contributed by atoms with van der Waals surface area (Å²) in [5.41, 5.74) is -0.661.